The molecule has 0 heterocycles. The Kier molecular flexibility index (Phi) is 7.25. The molecule has 0 saturated carbocycles. The Labute approximate surface area is 124 Å². The number of benzene rings is 1. The topological polar surface area (TPSA) is 52.0 Å². The molecule has 0 radical (unpaired) electrons. The molecule has 2 nitrogen and oxygen atoms in total. The van der Waals surface area contributed by atoms with Crippen molar-refractivity contribution in [2.45, 2.75) is 65.5 Å². The van der Waals surface area contributed by atoms with Gasteiger partial charge in [0, 0.05) is 12.1 Å². The molecule has 0 aromatic heterocycles. The minimum Gasteiger partial charge on any atom is -0.324 e. The second kappa shape index (κ2) is 8.43. The van der Waals surface area contributed by atoms with Crippen LogP contribution in [0.15, 0.2) is 24.3 Å². The summed E-state index contributed by atoms with van der Waals surface area (Å²) in [5, 5.41) is 0. The Morgan fingerprint density at radius 1 is 0.700 bits per heavy atom. The van der Waals surface area contributed by atoms with Crippen molar-refractivity contribution in [3.05, 3.63) is 35.4 Å². The zero-order valence-electron chi connectivity index (χ0n) is 13.6. The van der Waals surface area contributed by atoms with Crippen molar-refractivity contribution in [2.75, 3.05) is 0 Å². The summed E-state index contributed by atoms with van der Waals surface area (Å²) in [5.74, 6) is 1.39. The second-order valence-electron chi connectivity index (χ2n) is 6.78. The molecule has 114 valence electrons. The van der Waals surface area contributed by atoms with Gasteiger partial charge in [-0.3, -0.25) is 0 Å². The summed E-state index contributed by atoms with van der Waals surface area (Å²) >= 11 is 0. The van der Waals surface area contributed by atoms with E-state index in [1.54, 1.807) is 0 Å². The van der Waals surface area contributed by atoms with E-state index < -0.39 is 0 Å². The van der Waals surface area contributed by atoms with Crippen LogP contribution in [0.1, 0.15) is 76.6 Å². The van der Waals surface area contributed by atoms with Crippen LogP contribution in [0.3, 0.4) is 0 Å². The largest absolute Gasteiger partial charge is 0.324 e. The minimum atomic E-state index is 0.110. The number of hydrogen-bond acceptors (Lipinski definition) is 2. The Morgan fingerprint density at radius 3 is 1.35 bits per heavy atom. The molecule has 2 heteroatoms. The van der Waals surface area contributed by atoms with Crippen molar-refractivity contribution >= 4 is 0 Å². The summed E-state index contributed by atoms with van der Waals surface area (Å²) in [4.78, 5) is 0. The molecule has 0 saturated heterocycles. The molecule has 0 bridgehead atoms. The van der Waals surface area contributed by atoms with Crippen molar-refractivity contribution in [1.29, 1.82) is 0 Å². The van der Waals surface area contributed by atoms with Crippen LogP contribution < -0.4 is 11.5 Å². The van der Waals surface area contributed by atoms with Crippen LogP contribution in [-0.2, 0) is 0 Å². The maximum absolute atomic E-state index is 6.38. The van der Waals surface area contributed by atoms with Gasteiger partial charge in [-0.25, -0.2) is 0 Å². The second-order valence-corrected chi connectivity index (χ2v) is 6.78. The van der Waals surface area contributed by atoms with Crippen molar-refractivity contribution < 1.29 is 0 Å². The van der Waals surface area contributed by atoms with Gasteiger partial charge in [-0.05, 0) is 48.6 Å². The number of hydrogen-bond donors (Lipinski definition) is 2. The highest BCUT2D eigenvalue weighted by Crippen LogP contribution is 2.28. The fraction of sp³-hybridized carbons (Fsp3) is 0.667. The average molecular weight is 276 g/mol. The average Bonchev–Trinajstić information content (AvgIpc) is 2.42. The van der Waals surface area contributed by atoms with Gasteiger partial charge < -0.3 is 11.5 Å². The molecule has 0 amide bonds. The lowest BCUT2D eigenvalue weighted by Crippen LogP contribution is -2.19. The van der Waals surface area contributed by atoms with Gasteiger partial charge in [-0.2, -0.15) is 0 Å². The molecule has 1 aromatic rings. The highest BCUT2D eigenvalue weighted by atomic mass is 14.7. The third-order valence-electron chi connectivity index (χ3n) is 3.90. The first-order valence-electron chi connectivity index (χ1n) is 8.01. The van der Waals surface area contributed by atoms with Gasteiger partial charge in [0.05, 0.1) is 0 Å². The smallest absolute Gasteiger partial charge is 0.0298 e. The highest BCUT2D eigenvalue weighted by Gasteiger charge is 2.16. The maximum Gasteiger partial charge on any atom is 0.0298 e. The van der Waals surface area contributed by atoms with Crippen LogP contribution in [0.25, 0.3) is 0 Å². The van der Waals surface area contributed by atoms with E-state index in [0.29, 0.717) is 11.8 Å². The predicted octanol–water partition coefficient (Wildman–Crippen LogP) is 4.56. The van der Waals surface area contributed by atoms with Gasteiger partial charge in [0.15, 0.2) is 0 Å². The zero-order chi connectivity index (χ0) is 15.1. The van der Waals surface area contributed by atoms with Gasteiger partial charge in [-0.15, -0.1) is 0 Å². The minimum absolute atomic E-state index is 0.110. The standard InChI is InChI=1S/C18H32N2/c1-13(2)9-11-17(19)15-7-5-6-8-16(15)18(20)12-10-14(3)4/h5-8,13-14,17-18H,9-12,19-20H2,1-4H3. The van der Waals surface area contributed by atoms with Gasteiger partial charge in [-0.1, -0.05) is 52.0 Å². The van der Waals surface area contributed by atoms with Gasteiger partial charge >= 0.3 is 0 Å². The maximum atomic E-state index is 6.38. The zero-order valence-corrected chi connectivity index (χ0v) is 13.6. The molecule has 0 aliphatic rings. The van der Waals surface area contributed by atoms with E-state index in [2.05, 4.69) is 52.0 Å². The van der Waals surface area contributed by atoms with Crippen LogP contribution in [0.4, 0.5) is 0 Å². The number of rotatable bonds is 8. The van der Waals surface area contributed by atoms with Crippen molar-refractivity contribution in [3.63, 3.8) is 0 Å². The van der Waals surface area contributed by atoms with Crippen LogP contribution >= 0.6 is 0 Å². The molecule has 0 spiro atoms. The van der Waals surface area contributed by atoms with Crippen LogP contribution in [0.2, 0.25) is 0 Å². The van der Waals surface area contributed by atoms with Gasteiger partial charge in [0.25, 0.3) is 0 Å². The highest BCUT2D eigenvalue weighted by molar-refractivity contribution is 5.32. The Balaban J connectivity index is 2.76. The number of nitrogens with two attached hydrogens (primary N) is 2. The molecule has 2 atom stereocenters. The third-order valence-corrected chi connectivity index (χ3v) is 3.90. The molecule has 2 unspecified atom stereocenters. The van der Waals surface area contributed by atoms with E-state index in [-0.39, 0.29) is 12.1 Å². The summed E-state index contributed by atoms with van der Waals surface area (Å²) in [6, 6.07) is 8.66. The van der Waals surface area contributed by atoms with E-state index in [0.717, 1.165) is 25.7 Å². The third kappa shape index (κ3) is 5.64. The van der Waals surface area contributed by atoms with E-state index in [1.165, 1.54) is 11.1 Å². The molecule has 1 rings (SSSR count). The quantitative estimate of drug-likeness (QED) is 0.731. The Bertz CT molecular complexity index is 348. The van der Waals surface area contributed by atoms with Crippen LogP contribution in [0, 0.1) is 11.8 Å². The van der Waals surface area contributed by atoms with Crippen molar-refractivity contribution in [1.82, 2.24) is 0 Å². The van der Waals surface area contributed by atoms with Crippen LogP contribution in [-0.4, -0.2) is 0 Å². The lowest BCUT2D eigenvalue weighted by atomic mass is 9.89. The summed E-state index contributed by atoms with van der Waals surface area (Å²) < 4.78 is 0. The molecular weight excluding hydrogens is 244 g/mol. The SMILES string of the molecule is CC(C)CCC(N)c1ccccc1C(N)CCC(C)C. The first kappa shape index (κ1) is 17.2. The lowest BCUT2D eigenvalue weighted by Gasteiger charge is -2.22. The van der Waals surface area contributed by atoms with E-state index in [4.69, 9.17) is 11.5 Å². The molecule has 20 heavy (non-hydrogen) atoms. The van der Waals surface area contributed by atoms with E-state index >= 15 is 0 Å². The summed E-state index contributed by atoms with van der Waals surface area (Å²) in [6.45, 7) is 8.97. The monoisotopic (exact) mass is 276 g/mol. The fourth-order valence-electron chi connectivity index (χ4n) is 2.52. The molecule has 1 aromatic carbocycles. The molecule has 0 aliphatic carbocycles. The Morgan fingerprint density at radius 2 is 1.05 bits per heavy atom. The Hall–Kier alpha value is -0.860. The van der Waals surface area contributed by atoms with Gasteiger partial charge in [0.1, 0.15) is 0 Å². The first-order chi connectivity index (χ1) is 9.41. The molecule has 0 fully saturated rings. The normalized spacial score (nSPS) is 14.8. The molecule has 4 N–H and O–H groups in total. The van der Waals surface area contributed by atoms with E-state index in [1.807, 2.05) is 0 Å². The lowest BCUT2D eigenvalue weighted by molar-refractivity contribution is 0.488. The summed E-state index contributed by atoms with van der Waals surface area (Å²) in [5.41, 5.74) is 15.2. The van der Waals surface area contributed by atoms with Crippen molar-refractivity contribution in [2.24, 2.45) is 23.3 Å². The fourth-order valence-corrected chi connectivity index (χ4v) is 2.52. The van der Waals surface area contributed by atoms with Crippen molar-refractivity contribution in [3.8, 4) is 0 Å². The predicted molar refractivity (Wildman–Crippen MR) is 88.4 cm³/mol. The summed E-state index contributed by atoms with van der Waals surface area (Å²) in [7, 11) is 0. The van der Waals surface area contributed by atoms with Crippen LogP contribution in [0.5, 0.6) is 0 Å². The first-order valence-corrected chi connectivity index (χ1v) is 8.01. The molecular formula is C18H32N2. The summed E-state index contributed by atoms with van der Waals surface area (Å²) in [6.07, 6.45) is 4.39. The van der Waals surface area contributed by atoms with Gasteiger partial charge in [0.2, 0.25) is 0 Å². The molecule has 0 aliphatic heterocycles. The van der Waals surface area contributed by atoms with E-state index in [9.17, 15) is 0 Å².